The number of hydrogen-bond acceptors (Lipinski definition) is 3. The Labute approximate surface area is 187 Å². The zero-order chi connectivity index (χ0) is 23.6. The van der Waals surface area contributed by atoms with Crippen LogP contribution in [0.3, 0.4) is 0 Å². The molecule has 0 fully saturated rings. The standard InChI is InChI=1S/C25H36N2O3S/c1-18-9-14-22(19(2)15-18)27(31(8,29)30)16-20-10-12-21(13-11-20)23(28)26-25(6,7)17-24(3,4)5/h9-15H,16-17H2,1-8H3,(H,26,28). The van der Waals surface area contributed by atoms with Crippen molar-refractivity contribution in [3.8, 4) is 0 Å². The van der Waals surface area contributed by atoms with E-state index < -0.39 is 10.0 Å². The highest BCUT2D eigenvalue weighted by Gasteiger charge is 2.27. The van der Waals surface area contributed by atoms with Crippen molar-refractivity contribution >= 4 is 21.6 Å². The summed E-state index contributed by atoms with van der Waals surface area (Å²) in [6.07, 6.45) is 2.06. The summed E-state index contributed by atoms with van der Waals surface area (Å²) < 4.78 is 26.4. The van der Waals surface area contributed by atoms with Crippen molar-refractivity contribution in [3.63, 3.8) is 0 Å². The zero-order valence-electron chi connectivity index (χ0n) is 20.0. The van der Waals surface area contributed by atoms with Crippen molar-refractivity contribution in [3.05, 3.63) is 64.7 Å². The van der Waals surface area contributed by atoms with Crippen LogP contribution in [0, 0.1) is 19.3 Å². The van der Waals surface area contributed by atoms with Gasteiger partial charge in [0.15, 0.2) is 0 Å². The van der Waals surface area contributed by atoms with Crippen molar-refractivity contribution in [1.82, 2.24) is 5.32 Å². The molecule has 170 valence electrons. The van der Waals surface area contributed by atoms with E-state index in [1.807, 2.05) is 58.0 Å². The number of nitrogens with one attached hydrogen (secondary N) is 1. The first kappa shape index (κ1) is 24.9. The third-order valence-electron chi connectivity index (χ3n) is 4.99. The average molecular weight is 445 g/mol. The van der Waals surface area contributed by atoms with Crippen LogP contribution in [0.2, 0.25) is 0 Å². The van der Waals surface area contributed by atoms with Crippen LogP contribution in [0.5, 0.6) is 0 Å². The molecule has 1 amide bonds. The Morgan fingerprint density at radius 3 is 2.03 bits per heavy atom. The molecule has 31 heavy (non-hydrogen) atoms. The van der Waals surface area contributed by atoms with Crippen LogP contribution in [0.4, 0.5) is 5.69 Å². The highest BCUT2D eigenvalue weighted by atomic mass is 32.2. The van der Waals surface area contributed by atoms with E-state index in [2.05, 4.69) is 26.1 Å². The highest BCUT2D eigenvalue weighted by molar-refractivity contribution is 7.92. The lowest BCUT2D eigenvalue weighted by Gasteiger charge is -2.33. The van der Waals surface area contributed by atoms with Crippen molar-refractivity contribution < 1.29 is 13.2 Å². The number of carbonyl (C=O) groups excluding carboxylic acids is 1. The first-order chi connectivity index (χ1) is 14.1. The molecule has 0 aliphatic heterocycles. The van der Waals surface area contributed by atoms with Gasteiger partial charge in [0.05, 0.1) is 18.5 Å². The molecule has 0 bridgehead atoms. The predicted molar refractivity (Wildman–Crippen MR) is 129 cm³/mol. The molecule has 2 rings (SSSR count). The molecule has 2 aromatic carbocycles. The molecule has 0 spiro atoms. The van der Waals surface area contributed by atoms with Crippen LogP contribution in [-0.4, -0.2) is 26.1 Å². The lowest BCUT2D eigenvalue weighted by molar-refractivity contribution is 0.0891. The van der Waals surface area contributed by atoms with Gasteiger partial charge in [0.25, 0.3) is 5.91 Å². The highest BCUT2D eigenvalue weighted by Crippen LogP contribution is 2.28. The molecule has 0 unspecified atom stereocenters. The molecule has 5 nitrogen and oxygen atoms in total. The number of rotatable bonds is 7. The fraction of sp³-hybridized carbons (Fsp3) is 0.480. The third-order valence-corrected chi connectivity index (χ3v) is 6.11. The van der Waals surface area contributed by atoms with E-state index in [9.17, 15) is 13.2 Å². The predicted octanol–water partition coefficient (Wildman–Crippen LogP) is 5.21. The second kappa shape index (κ2) is 9.03. The Balaban J connectivity index is 2.20. The monoisotopic (exact) mass is 444 g/mol. The second-order valence-corrected chi connectivity index (χ2v) is 12.2. The SMILES string of the molecule is Cc1ccc(N(Cc2ccc(C(=O)NC(C)(C)CC(C)(C)C)cc2)S(C)(=O)=O)c(C)c1. The minimum Gasteiger partial charge on any atom is -0.347 e. The molecular weight excluding hydrogens is 408 g/mol. The quantitative estimate of drug-likeness (QED) is 0.637. The first-order valence-corrected chi connectivity index (χ1v) is 12.4. The van der Waals surface area contributed by atoms with Gasteiger partial charge >= 0.3 is 0 Å². The maximum absolute atomic E-state index is 12.7. The van der Waals surface area contributed by atoms with Crippen molar-refractivity contribution in [2.75, 3.05) is 10.6 Å². The fourth-order valence-corrected chi connectivity index (χ4v) is 5.09. The van der Waals surface area contributed by atoms with E-state index in [0.717, 1.165) is 23.1 Å². The molecule has 0 radical (unpaired) electrons. The van der Waals surface area contributed by atoms with Crippen LogP contribution in [-0.2, 0) is 16.6 Å². The molecule has 0 aliphatic carbocycles. The summed E-state index contributed by atoms with van der Waals surface area (Å²) in [5.74, 6) is -0.129. The van der Waals surface area contributed by atoms with Gasteiger partial charge in [0.2, 0.25) is 10.0 Å². The van der Waals surface area contributed by atoms with Gasteiger partial charge in [-0.05, 0) is 68.9 Å². The van der Waals surface area contributed by atoms with Gasteiger partial charge in [-0.2, -0.15) is 0 Å². The van der Waals surface area contributed by atoms with E-state index in [1.165, 1.54) is 10.6 Å². The van der Waals surface area contributed by atoms with Gasteiger partial charge in [0.1, 0.15) is 0 Å². The molecule has 2 aromatic rings. The summed E-state index contributed by atoms with van der Waals surface area (Å²) in [4.78, 5) is 12.7. The molecular formula is C25H36N2O3S. The smallest absolute Gasteiger partial charge is 0.251 e. The van der Waals surface area contributed by atoms with Crippen molar-refractivity contribution in [2.24, 2.45) is 5.41 Å². The molecule has 0 aliphatic rings. The minimum atomic E-state index is -3.47. The number of amides is 1. The molecule has 6 heteroatoms. The Morgan fingerprint density at radius 2 is 1.55 bits per heavy atom. The van der Waals surface area contributed by atoms with E-state index in [1.54, 1.807) is 12.1 Å². The van der Waals surface area contributed by atoms with E-state index >= 15 is 0 Å². The lowest BCUT2D eigenvalue weighted by Crippen LogP contribution is -2.45. The lowest BCUT2D eigenvalue weighted by atomic mass is 9.81. The van der Waals surface area contributed by atoms with Gasteiger partial charge in [-0.15, -0.1) is 0 Å². The number of hydrogen-bond donors (Lipinski definition) is 1. The largest absolute Gasteiger partial charge is 0.347 e. The summed E-state index contributed by atoms with van der Waals surface area (Å²) in [5, 5.41) is 3.11. The number of sulfonamides is 1. The number of nitrogens with zero attached hydrogens (tertiary/aromatic N) is 1. The molecule has 0 saturated carbocycles. The second-order valence-electron chi connectivity index (χ2n) is 10.3. The van der Waals surface area contributed by atoms with Crippen LogP contribution in [0.15, 0.2) is 42.5 Å². The van der Waals surface area contributed by atoms with E-state index in [0.29, 0.717) is 11.3 Å². The summed E-state index contributed by atoms with van der Waals surface area (Å²) >= 11 is 0. The van der Waals surface area contributed by atoms with Gasteiger partial charge < -0.3 is 5.32 Å². The van der Waals surface area contributed by atoms with Crippen molar-refractivity contribution in [1.29, 1.82) is 0 Å². The molecule has 0 heterocycles. The fourth-order valence-electron chi connectivity index (χ4n) is 4.14. The molecule has 0 atom stereocenters. The van der Waals surface area contributed by atoms with Gasteiger partial charge in [-0.25, -0.2) is 8.42 Å². The van der Waals surface area contributed by atoms with Crippen LogP contribution >= 0.6 is 0 Å². The van der Waals surface area contributed by atoms with E-state index in [-0.39, 0.29) is 23.4 Å². The third kappa shape index (κ3) is 7.39. The maximum atomic E-state index is 12.7. The number of benzene rings is 2. The molecule has 0 aromatic heterocycles. The van der Waals surface area contributed by atoms with Gasteiger partial charge in [-0.1, -0.05) is 50.6 Å². The molecule has 1 N–H and O–H groups in total. The Morgan fingerprint density at radius 1 is 0.968 bits per heavy atom. The normalized spacial score (nSPS) is 12.5. The van der Waals surface area contributed by atoms with Gasteiger partial charge in [-0.3, -0.25) is 9.10 Å². The summed E-state index contributed by atoms with van der Waals surface area (Å²) in [7, 11) is -3.47. The van der Waals surface area contributed by atoms with Crippen LogP contribution in [0.25, 0.3) is 0 Å². The Kier molecular flexibility index (Phi) is 7.26. The van der Waals surface area contributed by atoms with Crippen LogP contribution in [0.1, 0.15) is 68.1 Å². The number of carbonyl (C=O) groups is 1. The first-order valence-electron chi connectivity index (χ1n) is 10.5. The molecule has 0 saturated heterocycles. The number of anilines is 1. The van der Waals surface area contributed by atoms with Crippen molar-refractivity contribution in [2.45, 2.75) is 67.0 Å². The summed E-state index contributed by atoms with van der Waals surface area (Å²) in [5.41, 5.74) is 3.80. The Bertz CT molecular complexity index is 1030. The van der Waals surface area contributed by atoms with Gasteiger partial charge in [0, 0.05) is 11.1 Å². The average Bonchev–Trinajstić information content (AvgIpc) is 2.57. The maximum Gasteiger partial charge on any atom is 0.251 e. The van der Waals surface area contributed by atoms with E-state index in [4.69, 9.17) is 0 Å². The summed E-state index contributed by atoms with van der Waals surface area (Å²) in [6, 6.07) is 12.8. The minimum absolute atomic E-state index is 0.101. The number of aryl methyl sites for hydroxylation is 2. The topological polar surface area (TPSA) is 66.5 Å². The summed E-state index contributed by atoms with van der Waals surface area (Å²) in [6.45, 7) is 14.6. The Hall–Kier alpha value is -2.34. The van der Waals surface area contributed by atoms with Crippen LogP contribution < -0.4 is 9.62 Å². The zero-order valence-corrected chi connectivity index (χ0v) is 20.9.